The van der Waals surface area contributed by atoms with Gasteiger partial charge in [-0.15, -0.1) is 0 Å². The summed E-state index contributed by atoms with van der Waals surface area (Å²) in [6.07, 6.45) is 0. The van der Waals surface area contributed by atoms with Gasteiger partial charge in [0.2, 0.25) is 0 Å². The van der Waals surface area contributed by atoms with Crippen LogP contribution in [0.4, 0.5) is 0 Å². The van der Waals surface area contributed by atoms with E-state index < -0.39 is 19.5 Å². The SMILES string of the molecule is CCOC(=O)[C@H](C)N[P@](C)(=O)Oc1ccccc1. The number of nitrogens with one attached hydrogen (secondary N) is 1. The molecule has 6 heteroatoms. The zero-order valence-electron chi connectivity index (χ0n) is 10.8. The van der Waals surface area contributed by atoms with Crippen LogP contribution in [0.5, 0.6) is 5.75 Å². The van der Waals surface area contributed by atoms with E-state index in [1.54, 1.807) is 38.1 Å². The van der Waals surface area contributed by atoms with Gasteiger partial charge in [-0.1, -0.05) is 18.2 Å². The van der Waals surface area contributed by atoms with Gasteiger partial charge in [0.15, 0.2) is 0 Å². The molecular weight excluding hydrogens is 253 g/mol. The lowest BCUT2D eigenvalue weighted by atomic mass is 10.3. The predicted octanol–water partition coefficient (Wildman–Crippen LogP) is 2.43. The molecular formula is C12H18NO4P. The Hall–Kier alpha value is -1.32. The van der Waals surface area contributed by atoms with Crippen molar-refractivity contribution in [3.63, 3.8) is 0 Å². The van der Waals surface area contributed by atoms with Gasteiger partial charge >= 0.3 is 13.5 Å². The average molecular weight is 271 g/mol. The van der Waals surface area contributed by atoms with E-state index >= 15 is 0 Å². The first-order chi connectivity index (χ1) is 8.44. The molecule has 0 amide bonds. The Labute approximate surface area is 107 Å². The molecule has 0 spiro atoms. The van der Waals surface area contributed by atoms with Crippen LogP contribution < -0.4 is 9.61 Å². The lowest BCUT2D eigenvalue weighted by Crippen LogP contribution is -2.34. The van der Waals surface area contributed by atoms with Crippen molar-refractivity contribution in [2.45, 2.75) is 19.9 Å². The summed E-state index contributed by atoms with van der Waals surface area (Å²) >= 11 is 0. The summed E-state index contributed by atoms with van der Waals surface area (Å²) in [5, 5.41) is 2.65. The fourth-order valence-corrected chi connectivity index (χ4v) is 2.77. The van der Waals surface area contributed by atoms with E-state index in [4.69, 9.17) is 9.26 Å². The summed E-state index contributed by atoms with van der Waals surface area (Å²) in [5.41, 5.74) is 0. The molecule has 0 aliphatic carbocycles. The molecule has 0 saturated heterocycles. The molecule has 1 rings (SSSR count). The van der Waals surface area contributed by atoms with E-state index in [2.05, 4.69) is 5.09 Å². The number of hydrogen-bond acceptors (Lipinski definition) is 4. The molecule has 5 nitrogen and oxygen atoms in total. The molecule has 1 aromatic carbocycles. The van der Waals surface area contributed by atoms with Crippen LogP contribution in [-0.4, -0.2) is 25.3 Å². The van der Waals surface area contributed by atoms with Gasteiger partial charge in [0.25, 0.3) is 0 Å². The predicted molar refractivity (Wildman–Crippen MR) is 69.8 cm³/mol. The number of ether oxygens (including phenoxy) is 1. The number of carbonyl (C=O) groups is 1. The Balaban J connectivity index is 2.59. The Morgan fingerprint density at radius 3 is 2.56 bits per heavy atom. The highest BCUT2D eigenvalue weighted by Gasteiger charge is 2.25. The van der Waals surface area contributed by atoms with Crippen molar-refractivity contribution in [3.05, 3.63) is 30.3 Å². The van der Waals surface area contributed by atoms with Gasteiger partial charge in [0.05, 0.1) is 6.61 Å². The molecule has 0 aliphatic rings. The second-order valence-electron chi connectivity index (χ2n) is 3.85. The van der Waals surface area contributed by atoms with Crippen molar-refractivity contribution >= 4 is 13.5 Å². The van der Waals surface area contributed by atoms with E-state index in [0.29, 0.717) is 12.4 Å². The molecule has 0 aromatic heterocycles. The summed E-state index contributed by atoms with van der Waals surface area (Å²) in [5.74, 6) is 0.0446. The minimum atomic E-state index is -3.10. The van der Waals surface area contributed by atoms with Crippen molar-refractivity contribution < 1.29 is 18.6 Å². The van der Waals surface area contributed by atoms with Crippen LogP contribution in [-0.2, 0) is 14.1 Å². The van der Waals surface area contributed by atoms with Gasteiger partial charge in [-0.05, 0) is 26.0 Å². The van der Waals surface area contributed by atoms with Gasteiger partial charge in [-0.3, -0.25) is 9.36 Å². The quantitative estimate of drug-likeness (QED) is 0.636. The highest BCUT2D eigenvalue weighted by molar-refractivity contribution is 7.56. The second-order valence-corrected chi connectivity index (χ2v) is 5.99. The first-order valence-corrected chi connectivity index (χ1v) is 7.78. The van der Waals surface area contributed by atoms with Crippen molar-refractivity contribution in [1.29, 1.82) is 0 Å². The summed E-state index contributed by atoms with van der Waals surface area (Å²) in [6.45, 7) is 5.02. The largest absolute Gasteiger partial charge is 0.465 e. The van der Waals surface area contributed by atoms with Crippen LogP contribution >= 0.6 is 7.52 Å². The van der Waals surface area contributed by atoms with E-state index in [1.807, 2.05) is 6.07 Å². The molecule has 0 saturated carbocycles. The number of benzene rings is 1. The summed E-state index contributed by atoms with van der Waals surface area (Å²) in [6, 6.07) is 8.13. The Morgan fingerprint density at radius 1 is 1.39 bits per heavy atom. The lowest BCUT2D eigenvalue weighted by Gasteiger charge is -2.20. The molecule has 0 fully saturated rings. The lowest BCUT2D eigenvalue weighted by molar-refractivity contribution is -0.144. The topological polar surface area (TPSA) is 64.6 Å². The van der Waals surface area contributed by atoms with Gasteiger partial charge in [0.1, 0.15) is 11.8 Å². The Bertz CT molecular complexity index is 435. The van der Waals surface area contributed by atoms with Crippen molar-refractivity contribution in [3.8, 4) is 5.75 Å². The van der Waals surface area contributed by atoms with Crippen LogP contribution in [0.3, 0.4) is 0 Å². The average Bonchev–Trinajstić information content (AvgIpc) is 2.29. The molecule has 100 valence electrons. The monoisotopic (exact) mass is 271 g/mol. The van der Waals surface area contributed by atoms with Crippen LogP contribution in [0.1, 0.15) is 13.8 Å². The maximum Gasteiger partial charge on any atom is 0.323 e. The van der Waals surface area contributed by atoms with Crippen LogP contribution in [0.2, 0.25) is 0 Å². The van der Waals surface area contributed by atoms with Crippen LogP contribution in [0.25, 0.3) is 0 Å². The minimum Gasteiger partial charge on any atom is -0.465 e. The molecule has 0 aliphatic heterocycles. The smallest absolute Gasteiger partial charge is 0.323 e. The van der Waals surface area contributed by atoms with Gasteiger partial charge in [-0.25, -0.2) is 5.09 Å². The van der Waals surface area contributed by atoms with Crippen molar-refractivity contribution in [1.82, 2.24) is 5.09 Å². The molecule has 1 aromatic rings. The molecule has 0 bridgehead atoms. The number of esters is 1. The maximum atomic E-state index is 12.2. The summed E-state index contributed by atoms with van der Waals surface area (Å²) in [4.78, 5) is 11.4. The van der Waals surface area contributed by atoms with E-state index in [1.165, 1.54) is 6.66 Å². The first kappa shape index (κ1) is 14.7. The fraction of sp³-hybridized carbons (Fsp3) is 0.417. The van der Waals surface area contributed by atoms with E-state index in [-0.39, 0.29) is 0 Å². The zero-order valence-corrected chi connectivity index (χ0v) is 11.6. The van der Waals surface area contributed by atoms with E-state index in [0.717, 1.165) is 0 Å². The second kappa shape index (κ2) is 6.57. The highest BCUT2D eigenvalue weighted by Crippen LogP contribution is 2.39. The molecule has 0 heterocycles. The Kier molecular flexibility index (Phi) is 5.38. The number of hydrogen-bond donors (Lipinski definition) is 1. The van der Waals surface area contributed by atoms with Crippen LogP contribution in [0.15, 0.2) is 30.3 Å². The maximum absolute atomic E-state index is 12.2. The van der Waals surface area contributed by atoms with Crippen molar-refractivity contribution in [2.75, 3.05) is 13.3 Å². The van der Waals surface area contributed by atoms with Gasteiger partial charge in [0, 0.05) is 6.66 Å². The first-order valence-electron chi connectivity index (χ1n) is 5.71. The normalized spacial score (nSPS) is 15.5. The van der Waals surface area contributed by atoms with E-state index in [9.17, 15) is 9.36 Å². The highest BCUT2D eigenvalue weighted by atomic mass is 31.2. The number of para-hydroxylation sites is 1. The zero-order chi connectivity index (χ0) is 13.6. The molecule has 2 atom stereocenters. The molecule has 0 radical (unpaired) electrons. The van der Waals surface area contributed by atoms with Gasteiger partial charge < -0.3 is 9.26 Å². The third-order valence-corrected chi connectivity index (χ3v) is 3.51. The Morgan fingerprint density at radius 2 is 2.00 bits per heavy atom. The van der Waals surface area contributed by atoms with Gasteiger partial charge in [-0.2, -0.15) is 0 Å². The third kappa shape index (κ3) is 4.90. The molecule has 1 N–H and O–H groups in total. The minimum absolute atomic E-state index is 0.290. The molecule has 0 unspecified atom stereocenters. The van der Waals surface area contributed by atoms with Crippen molar-refractivity contribution in [2.24, 2.45) is 0 Å². The fourth-order valence-electron chi connectivity index (χ4n) is 1.38. The van der Waals surface area contributed by atoms with Crippen LogP contribution in [0, 0.1) is 0 Å². The standard InChI is InChI=1S/C12H18NO4P/c1-4-16-12(14)10(2)13-18(3,15)17-11-8-6-5-7-9-11/h5-10H,4H2,1-3H3,(H,13,15)/t10-,18+/m0/s1. The third-order valence-electron chi connectivity index (χ3n) is 2.09. The number of carbonyl (C=O) groups excluding carboxylic acids is 1. The number of rotatable bonds is 6. The summed E-state index contributed by atoms with van der Waals surface area (Å²) < 4.78 is 22.3. The summed E-state index contributed by atoms with van der Waals surface area (Å²) in [7, 11) is -3.10. The molecule has 18 heavy (non-hydrogen) atoms.